The van der Waals surface area contributed by atoms with Crippen molar-refractivity contribution in [1.82, 2.24) is 4.57 Å². The van der Waals surface area contributed by atoms with Crippen LogP contribution in [0, 0.1) is 0 Å². The van der Waals surface area contributed by atoms with Crippen LogP contribution in [0.4, 0.5) is 13.2 Å². The SMILES string of the molecule is CC(C)(C)c1ccc2c(c1)c1cc(C(C)(C)C)ccc1n2-c1cccc(C(C)(C)c2ccc(OS(=O)(=O)C(F)(F)F)cc2)c1Br. The molecule has 4 aromatic carbocycles. The van der Waals surface area contributed by atoms with Gasteiger partial charge in [0.05, 0.1) is 16.7 Å². The maximum Gasteiger partial charge on any atom is 0.534 e. The summed E-state index contributed by atoms with van der Waals surface area (Å²) in [5.74, 6) is -0.408. The number of rotatable bonds is 5. The molecule has 0 saturated carbocycles. The number of halogens is 4. The fourth-order valence-electron chi connectivity index (χ4n) is 5.65. The normalized spacial score (nSPS) is 13.5. The van der Waals surface area contributed by atoms with Gasteiger partial charge in [0.15, 0.2) is 0 Å². The summed E-state index contributed by atoms with van der Waals surface area (Å²) in [7, 11) is -5.76. The van der Waals surface area contributed by atoms with Gasteiger partial charge in [0, 0.05) is 20.7 Å². The van der Waals surface area contributed by atoms with E-state index in [1.165, 1.54) is 34.0 Å². The minimum Gasteiger partial charge on any atom is -0.376 e. The van der Waals surface area contributed by atoms with Crippen molar-refractivity contribution in [1.29, 1.82) is 0 Å². The van der Waals surface area contributed by atoms with Crippen LogP contribution < -0.4 is 4.18 Å². The number of benzene rings is 4. The summed E-state index contributed by atoms with van der Waals surface area (Å²) in [5.41, 5.74) is 1.15. The molecule has 4 nitrogen and oxygen atoms in total. The van der Waals surface area contributed by atoms with E-state index in [-0.39, 0.29) is 10.8 Å². The number of alkyl halides is 3. The van der Waals surface area contributed by atoms with Gasteiger partial charge in [-0.25, -0.2) is 0 Å². The summed E-state index contributed by atoms with van der Waals surface area (Å²) in [5, 5.41) is 2.34. The first-order valence-corrected chi connectivity index (χ1v) is 16.8. The van der Waals surface area contributed by atoms with Crippen molar-refractivity contribution in [2.45, 2.75) is 77.1 Å². The number of hydrogen-bond donors (Lipinski definition) is 0. The maximum atomic E-state index is 12.8. The molecule has 0 aliphatic rings. The molecule has 0 saturated heterocycles. The van der Waals surface area contributed by atoms with Crippen molar-refractivity contribution in [3.63, 3.8) is 0 Å². The number of nitrogens with zero attached hydrogens (tertiary/aromatic N) is 1. The molecule has 238 valence electrons. The molecule has 0 amide bonds. The van der Waals surface area contributed by atoms with Gasteiger partial charge in [0.25, 0.3) is 0 Å². The van der Waals surface area contributed by atoms with E-state index in [1.54, 1.807) is 12.1 Å². The minimum atomic E-state index is -5.76. The highest BCUT2D eigenvalue weighted by molar-refractivity contribution is 9.10. The Labute approximate surface area is 271 Å². The quantitative estimate of drug-likeness (QED) is 0.135. The molecule has 0 aliphatic carbocycles. The first-order valence-electron chi connectivity index (χ1n) is 14.6. The second-order valence-corrected chi connectivity index (χ2v) is 16.4. The van der Waals surface area contributed by atoms with Crippen LogP contribution in [-0.4, -0.2) is 18.5 Å². The molecule has 0 bridgehead atoms. The predicted octanol–water partition coefficient (Wildman–Crippen LogP) is 10.7. The van der Waals surface area contributed by atoms with Crippen LogP contribution in [0.2, 0.25) is 0 Å². The lowest BCUT2D eigenvalue weighted by molar-refractivity contribution is -0.0500. The van der Waals surface area contributed by atoms with E-state index in [9.17, 15) is 21.6 Å². The number of hydrogen-bond acceptors (Lipinski definition) is 3. The smallest absolute Gasteiger partial charge is 0.376 e. The van der Waals surface area contributed by atoms with Gasteiger partial charge < -0.3 is 8.75 Å². The van der Waals surface area contributed by atoms with E-state index in [0.29, 0.717) is 0 Å². The average molecular weight is 701 g/mol. The topological polar surface area (TPSA) is 48.3 Å². The fraction of sp³-hybridized carbons (Fsp3) is 0.333. The number of fused-ring (bicyclic) bond motifs is 3. The van der Waals surface area contributed by atoms with Gasteiger partial charge in [-0.15, -0.1) is 0 Å². The standard InChI is InChI=1S/C36H37BrF3NO3S/c1-33(2,3)23-14-18-29-26(20-23)27-21-24(34(4,5)6)15-19-30(27)41(29)31-11-9-10-28(32(31)37)35(7,8)22-12-16-25(17-13-22)44-45(42,43)36(38,39)40/h9-21H,1-8H3. The summed E-state index contributed by atoms with van der Waals surface area (Å²) in [6, 6.07) is 25.1. The van der Waals surface area contributed by atoms with E-state index >= 15 is 0 Å². The Morgan fingerprint density at radius 3 is 1.58 bits per heavy atom. The molecular formula is C36H37BrF3NO3S. The van der Waals surface area contributed by atoms with Gasteiger partial charge in [-0.3, -0.25) is 0 Å². The van der Waals surface area contributed by atoms with Crippen LogP contribution >= 0.6 is 15.9 Å². The minimum absolute atomic E-state index is 0.0215. The largest absolute Gasteiger partial charge is 0.534 e. The Balaban J connectivity index is 1.66. The lowest BCUT2D eigenvalue weighted by Crippen LogP contribution is -2.28. The van der Waals surface area contributed by atoms with E-state index in [2.05, 4.69) is 109 Å². The van der Waals surface area contributed by atoms with Crippen LogP contribution in [0.3, 0.4) is 0 Å². The average Bonchev–Trinajstić information content (AvgIpc) is 3.24. The Hall–Kier alpha value is -3.30. The molecule has 0 atom stereocenters. The Morgan fingerprint density at radius 2 is 1.13 bits per heavy atom. The zero-order valence-corrected chi connectivity index (χ0v) is 29.0. The molecule has 1 aromatic heterocycles. The van der Waals surface area contributed by atoms with Crippen molar-refractivity contribution in [2.75, 3.05) is 0 Å². The van der Waals surface area contributed by atoms with Crippen molar-refractivity contribution < 1.29 is 25.8 Å². The molecule has 0 fully saturated rings. The highest BCUT2D eigenvalue weighted by atomic mass is 79.9. The summed E-state index contributed by atoms with van der Waals surface area (Å²) >= 11 is 3.93. The molecule has 9 heteroatoms. The van der Waals surface area contributed by atoms with Crippen LogP contribution in [0.25, 0.3) is 27.5 Å². The van der Waals surface area contributed by atoms with E-state index in [1.807, 2.05) is 26.0 Å². The summed E-state index contributed by atoms with van der Waals surface area (Å²) in [4.78, 5) is 0. The van der Waals surface area contributed by atoms with E-state index in [4.69, 9.17) is 0 Å². The Morgan fingerprint density at radius 1 is 0.667 bits per heavy atom. The summed E-state index contributed by atoms with van der Waals surface area (Å²) in [6.07, 6.45) is 0. The second kappa shape index (κ2) is 10.9. The zero-order valence-electron chi connectivity index (χ0n) is 26.6. The second-order valence-electron chi connectivity index (χ2n) is 14.1. The van der Waals surface area contributed by atoms with E-state index in [0.717, 1.165) is 32.3 Å². The molecule has 0 aliphatic heterocycles. The Kier molecular flexibility index (Phi) is 8.01. The molecule has 0 N–H and O–H groups in total. The van der Waals surface area contributed by atoms with Crippen molar-refractivity contribution in [3.05, 3.63) is 106 Å². The maximum absolute atomic E-state index is 12.8. The van der Waals surface area contributed by atoms with Crippen LogP contribution in [0.5, 0.6) is 5.75 Å². The monoisotopic (exact) mass is 699 g/mol. The molecule has 5 rings (SSSR count). The van der Waals surface area contributed by atoms with Crippen molar-refractivity contribution in [3.8, 4) is 11.4 Å². The first-order chi connectivity index (χ1) is 20.6. The summed E-state index contributed by atoms with van der Waals surface area (Å²) < 4.78 is 68.9. The first kappa shape index (κ1) is 33.1. The Bertz CT molecular complexity index is 1960. The van der Waals surface area contributed by atoms with Crippen molar-refractivity contribution in [2.24, 2.45) is 0 Å². The molecule has 45 heavy (non-hydrogen) atoms. The zero-order chi connectivity index (χ0) is 33.3. The third kappa shape index (κ3) is 6.01. The summed E-state index contributed by atoms with van der Waals surface area (Å²) in [6.45, 7) is 17.3. The molecule has 5 aromatic rings. The molecule has 0 unspecified atom stereocenters. The van der Waals surface area contributed by atoms with Gasteiger partial charge in [0.1, 0.15) is 5.75 Å². The fourth-order valence-corrected chi connectivity index (χ4v) is 7.04. The van der Waals surface area contributed by atoms with Crippen molar-refractivity contribution >= 4 is 47.9 Å². The van der Waals surface area contributed by atoms with Gasteiger partial charge in [0.2, 0.25) is 0 Å². The van der Waals surface area contributed by atoms with E-state index < -0.39 is 26.8 Å². The van der Waals surface area contributed by atoms with Gasteiger partial charge in [-0.05, 0) is 91.5 Å². The van der Waals surface area contributed by atoms with Gasteiger partial charge in [-0.2, -0.15) is 21.6 Å². The van der Waals surface area contributed by atoms with Crippen LogP contribution in [-0.2, 0) is 26.4 Å². The molecule has 1 heterocycles. The highest BCUT2D eigenvalue weighted by Crippen LogP contribution is 2.43. The molecular weight excluding hydrogens is 663 g/mol. The van der Waals surface area contributed by atoms with Crippen LogP contribution in [0.15, 0.2) is 83.3 Å². The number of aromatic nitrogens is 1. The molecule has 0 spiro atoms. The van der Waals surface area contributed by atoms with Crippen LogP contribution in [0.1, 0.15) is 77.6 Å². The third-order valence-corrected chi connectivity index (χ3v) is 10.3. The molecule has 0 radical (unpaired) electrons. The highest BCUT2D eigenvalue weighted by Gasteiger charge is 2.48. The van der Waals surface area contributed by atoms with Gasteiger partial charge in [-0.1, -0.05) is 91.8 Å². The predicted molar refractivity (Wildman–Crippen MR) is 180 cm³/mol. The third-order valence-electron chi connectivity index (χ3n) is 8.46. The van der Waals surface area contributed by atoms with Gasteiger partial charge >= 0.3 is 15.6 Å². The lowest BCUT2D eigenvalue weighted by atomic mass is 9.78. The lowest BCUT2D eigenvalue weighted by Gasteiger charge is -2.29.